The lowest BCUT2D eigenvalue weighted by atomic mass is 9.75. The van der Waals surface area contributed by atoms with Crippen LogP contribution < -0.4 is 0 Å². The Bertz CT molecular complexity index is 345. The number of ether oxygens (including phenoxy) is 1. The van der Waals surface area contributed by atoms with Gasteiger partial charge in [0.05, 0.1) is 11.7 Å². The van der Waals surface area contributed by atoms with Gasteiger partial charge in [-0.2, -0.15) is 5.10 Å². The third-order valence-electron chi connectivity index (χ3n) is 3.17. The highest BCUT2D eigenvalue weighted by Crippen LogP contribution is 2.36. The molecule has 5 nitrogen and oxygen atoms in total. The average molecular weight is 225 g/mol. The zero-order chi connectivity index (χ0) is 11.6. The largest absolute Gasteiger partial charge is 0.389 e. The average Bonchev–Trinajstić information content (AvgIpc) is 2.62. The van der Waals surface area contributed by atoms with Crippen LogP contribution in [0.25, 0.3) is 0 Å². The first kappa shape index (κ1) is 11.5. The summed E-state index contributed by atoms with van der Waals surface area (Å²) < 4.78 is 7.05. The Hall–Kier alpha value is -0.940. The quantitative estimate of drug-likeness (QED) is 0.804. The maximum atomic E-state index is 10.2. The van der Waals surface area contributed by atoms with E-state index in [4.69, 9.17) is 4.74 Å². The summed E-state index contributed by atoms with van der Waals surface area (Å²) in [6.07, 6.45) is 4.75. The second-order valence-electron chi connectivity index (χ2n) is 4.57. The number of hydrogen-bond donors (Lipinski definition) is 1. The molecule has 0 bridgehead atoms. The third kappa shape index (κ3) is 2.25. The Balaban J connectivity index is 1.96. The molecule has 1 aromatic heterocycles. The molecule has 1 N–H and O–H groups in total. The zero-order valence-corrected chi connectivity index (χ0v) is 9.89. The first-order valence-electron chi connectivity index (χ1n) is 5.79. The van der Waals surface area contributed by atoms with Gasteiger partial charge in [0, 0.05) is 32.9 Å². The second-order valence-corrected chi connectivity index (χ2v) is 4.57. The van der Waals surface area contributed by atoms with Gasteiger partial charge in [0.1, 0.15) is 12.2 Å². The van der Waals surface area contributed by atoms with Crippen molar-refractivity contribution in [3.05, 3.63) is 12.2 Å². The van der Waals surface area contributed by atoms with Crippen LogP contribution in [0.4, 0.5) is 0 Å². The third-order valence-corrected chi connectivity index (χ3v) is 3.17. The molecule has 1 aromatic rings. The lowest BCUT2D eigenvalue weighted by Crippen LogP contribution is -2.50. The van der Waals surface area contributed by atoms with Crippen molar-refractivity contribution in [2.24, 2.45) is 0 Å². The summed E-state index contributed by atoms with van der Waals surface area (Å²) in [6, 6.07) is 0. The molecule has 0 spiro atoms. The van der Waals surface area contributed by atoms with Crippen LogP contribution in [0.2, 0.25) is 0 Å². The molecule has 1 heterocycles. The molecule has 2 rings (SSSR count). The van der Waals surface area contributed by atoms with Gasteiger partial charge < -0.3 is 9.84 Å². The number of aryl methyl sites for hydroxylation is 1. The van der Waals surface area contributed by atoms with E-state index in [0.717, 1.165) is 18.8 Å². The summed E-state index contributed by atoms with van der Waals surface area (Å²) >= 11 is 0. The van der Waals surface area contributed by atoms with Gasteiger partial charge in [-0.3, -0.25) is 4.68 Å². The van der Waals surface area contributed by atoms with Crippen LogP contribution >= 0.6 is 0 Å². The summed E-state index contributed by atoms with van der Waals surface area (Å²) in [5.74, 6) is 0.874. The topological polar surface area (TPSA) is 60.2 Å². The van der Waals surface area contributed by atoms with Crippen molar-refractivity contribution in [1.82, 2.24) is 14.8 Å². The van der Waals surface area contributed by atoms with Gasteiger partial charge in [0.25, 0.3) is 0 Å². The van der Waals surface area contributed by atoms with Crippen molar-refractivity contribution in [3.63, 3.8) is 0 Å². The number of nitrogens with zero attached hydrogens (tertiary/aromatic N) is 3. The van der Waals surface area contributed by atoms with Crippen LogP contribution in [-0.4, -0.2) is 38.7 Å². The van der Waals surface area contributed by atoms with Gasteiger partial charge in [-0.1, -0.05) is 6.92 Å². The van der Waals surface area contributed by atoms with Gasteiger partial charge in [-0.05, 0) is 6.42 Å². The fraction of sp³-hybridized carbons (Fsp3) is 0.818. The Kier molecular flexibility index (Phi) is 3.25. The van der Waals surface area contributed by atoms with E-state index in [0.29, 0.717) is 19.3 Å². The molecule has 0 aromatic carbocycles. The maximum Gasteiger partial charge on any atom is 0.138 e. The lowest BCUT2D eigenvalue weighted by Gasteiger charge is -2.42. The van der Waals surface area contributed by atoms with Crippen LogP contribution in [-0.2, 0) is 17.7 Å². The molecular formula is C11H19N3O2. The summed E-state index contributed by atoms with van der Waals surface area (Å²) in [4.78, 5) is 4.20. The summed E-state index contributed by atoms with van der Waals surface area (Å²) in [5, 5.41) is 14.4. The molecule has 1 saturated carbocycles. The number of aromatic nitrogens is 3. The number of rotatable bonds is 5. The molecular weight excluding hydrogens is 206 g/mol. The zero-order valence-electron chi connectivity index (χ0n) is 9.89. The molecule has 0 amide bonds. The fourth-order valence-corrected chi connectivity index (χ4v) is 2.22. The Labute approximate surface area is 95.4 Å². The van der Waals surface area contributed by atoms with E-state index in [2.05, 4.69) is 17.0 Å². The number of methoxy groups -OCH3 is 1. The van der Waals surface area contributed by atoms with Gasteiger partial charge in [-0.15, -0.1) is 0 Å². The van der Waals surface area contributed by atoms with E-state index >= 15 is 0 Å². The molecule has 16 heavy (non-hydrogen) atoms. The lowest BCUT2D eigenvalue weighted by molar-refractivity contribution is -0.127. The second kappa shape index (κ2) is 4.51. The van der Waals surface area contributed by atoms with Gasteiger partial charge >= 0.3 is 0 Å². The Morgan fingerprint density at radius 3 is 3.00 bits per heavy atom. The summed E-state index contributed by atoms with van der Waals surface area (Å²) in [5.41, 5.74) is -0.640. The Morgan fingerprint density at radius 1 is 1.62 bits per heavy atom. The molecule has 0 radical (unpaired) electrons. The van der Waals surface area contributed by atoms with Crippen molar-refractivity contribution in [2.75, 3.05) is 7.11 Å². The predicted molar refractivity (Wildman–Crippen MR) is 59.0 cm³/mol. The molecule has 0 unspecified atom stereocenters. The first-order valence-corrected chi connectivity index (χ1v) is 5.79. The van der Waals surface area contributed by atoms with Gasteiger partial charge in [-0.25, -0.2) is 4.98 Å². The van der Waals surface area contributed by atoms with Crippen LogP contribution in [0.1, 0.15) is 32.0 Å². The van der Waals surface area contributed by atoms with Gasteiger partial charge in [0.15, 0.2) is 0 Å². The summed E-state index contributed by atoms with van der Waals surface area (Å²) in [6.45, 7) is 2.96. The molecule has 1 aliphatic rings. The van der Waals surface area contributed by atoms with Gasteiger partial charge in [0.2, 0.25) is 0 Å². The van der Waals surface area contributed by atoms with Crippen LogP contribution in [0.3, 0.4) is 0 Å². The minimum atomic E-state index is -0.640. The molecule has 0 aliphatic heterocycles. The Morgan fingerprint density at radius 2 is 2.38 bits per heavy atom. The highest BCUT2D eigenvalue weighted by atomic mass is 16.5. The maximum absolute atomic E-state index is 10.2. The fourth-order valence-electron chi connectivity index (χ4n) is 2.22. The van der Waals surface area contributed by atoms with Crippen LogP contribution in [0.15, 0.2) is 6.33 Å². The number of aliphatic hydroxyl groups is 1. The van der Waals surface area contributed by atoms with Crippen molar-refractivity contribution in [2.45, 2.75) is 50.9 Å². The molecule has 90 valence electrons. The highest BCUT2D eigenvalue weighted by molar-refractivity contribution is 5.03. The van der Waals surface area contributed by atoms with Crippen LogP contribution in [0.5, 0.6) is 0 Å². The molecule has 5 heteroatoms. The van der Waals surface area contributed by atoms with Crippen molar-refractivity contribution in [3.8, 4) is 0 Å². The van der Waals surface area contributed by atoms with Crippen molar-refractivity contribution in [1.29, 1.82) is 0 Å². The summed E-state index contributed by atoms with van der Waals surface area (Å²) in [7, 11) is 1.68. The van der Waals surface area contributed by atoms with E-state index in [1.165, 1.54) is 0 Å². The standard InChI is InChI=1S/C11H19N3O2/c1-3-4-14-10(12-8-13-14)7-11(15)5-9(6-11)16-2/h8-9,15H,3-7H2,1-2H3. The predicted octanol–water partition coefficient (Wildman–Crippen LogP) is 0.770. The monoisotopic (exact) mass is 225 g/mol. The minimum Gasteiger partial charge on any atom is -0.389 e. The molecule has 0 atom stereocenters. The van der Waals surface area contributed by atoms with E-state index in [9.17, 15) is 5.11 Å². The van der Waals surface area contributed by atoms with E-state index in [1.807, 2.05) is 4.68 Å². The SMILES string of the molecule is CCCn1ncnc1CC1(O)CC(OC)C1. The molecule has 1 fully saturated rings. The highest BCUT2D eigenvalue weighted by Gasteiger charge is 2.43. The van der Waals surface area contributed by atoms with E-state index in [1.54, 1.807) is 13.4 Å². The van der Waals surface area contributed by atoms with Crippen molar-refractivity contribution >= 4 is 0 Å². The van der Waals surface area contributed by atoms with Crippen molar-refractivity contribution < 1.29 is 9.84 Å². The number of hydrogen-bond acceptors (Lipinski definition) is 4. The van der Waals surface area contributed by atoms with E-state index in [-0.39, 0.29) is 6.10 Å². The minimum absolute atomic E-state index is 0.201. The van der Waals surface area contributed by atoms with Crippen LogP contribution in [0, 0.1) is 0 Å². The van der Waals surface area contributed by atoms with E-state index < -0.39 is 5.60 Å². The molecule has 0 saturated heterocycles. The normalized spacial score (nSPS) is 29.1. The smallest absolute Gasteiger partial charge is 0.138 e. The first-order chi connectivity index (χ1) is 7.67. The molecule has 1 aliphatic carbocycles.